The Labute approximate surface area is 145 Å². The monoisotopic (exact) mass is 337 g/mol. The Balaban J connectivity index is 2.55. The topological polar surface area (TPSA) is 81.8 Å². The van der Waals surface area contributed by atoms with E-state index in [4.69, 9.17) is 20.3 Å². The highest BCUT2D eigenvalue weighted by Crippen LogP contribution is 2.29. The van der Waals surface area contributed by atoms with Crippen LogP contribution in [-0.4, -0.2) is 29.8 Å². The predicted molar refractivity (Wildman–Crippen MR) is 95.7 cm³/mol. The molecule has 0 aromatic heterocycles. The SMILES string of the molecule is CCOc1ccc(CCCC(C)CC(C)(N)C(=O)O)cc1OCC. The van der Waals surface area contributed by atoms with E-state index in [0.717, 1.165) is 30.8 Å². The molecule has 136 valence electrons. The van der Waals surface area contributed by atoms with Gasteiger partial charge in [-0.3, -0.25) is 4.79 Å². The minimum absolute atomic E-state index is 0.269. The van der Waals surface area contributed by atoms with Crippen LogP contribution in [0.2, 0.25) is 0 Å². The molecular weight excluding hydrogens is 306 g/mol. The third-order valence-corrected chi connectivity index (χ3v) is 4.03. The Morgan fingerprint density at radius 3 is 2.46 bits per heavy atom. The van der Waals surface area contributed by atoms with Gasteiger partial charge in [0.2, 0.25) is 0 Å². The van der Waals surface area contributed by atoms with Crippen LogP contribution in [0.25, 0.3) is 0 Å². The Morgan fingerprint density at radius 1 is 1.25 bits per heavy atom. The van der Waals surface area contributed by atoms with Gasteiger partial charge in [-0.25, -0.2) is 0 Å². The van der Waals surface area contributed by atoms with E-state index in [1.54, 1.807) is 6.92 Å². The molecule has 1 aromatic carbocycles. The minimum Gasteiger partial charge on any atom is -0.490 e. The first-order chi connectivity index (χ1) is 11.3. The zero-order valence-corrected chi connectivity index (χ0v) is 15.3. The van der Waals surface area contributed by atoms with Crippen LogP contribution in [0.3, 0.4) is 0 Å². The van der Waals surface area contributed by atoms with E-state index < -0.39 is 11.5 Å². The van der Waals surface area contributed by atoms with Crippen LogP contribution >= 0.6 is 0 Å². The number of rotatable bonds is 11. The van der Waals surface area contributed by atoms with E-state index >= 15 is 0 Å². The molecule has 0 heterocycles. The summed E-state index contributed by atoms with van der Waals surface area (Å²) in [5.41, 5.74) is 5.86. The molecule has 5 heteroatoms. The molecular formula is C19H31NO4. The fourth-order valence-corrected chi connectivity index (χ4v) is 2.82. The van der Waals surface area contributed by atoms with Crippen molar-refractivity contribution in [1.29, 1.82) is 0 Å². The lowest BCUT2D eigenvalue weighted by Crippen LogP contribution is -2.46. The molecule has 1 rings (SSSR count). The lowest BCUT2D eigenvalue weighted by Gasteiger charge is -2.23. The van der Waals surface area contributed by atoms with Gasteiger partial charge in [0.05, 0.1) is 13.2 Å². The predicted octanol–water partition coefficient (Wildman–Crippen LogP) is 3.63. The fraction of sp³-hybridized carbons (Fsp3) is 0.632. The maximum atomic E-state index is 11.1. The summed E-state index contributed by atoms with van der Waals surface area (Å²) in [4.78, 5) is 11.1. The molecule has 0 aliphatic rings. The van der Waals surface area contributed by atoms with Crippen LogP contribution in [0.1, 0.15) is 52.5 Å². The summed E-state index contributed by atoms with van der Waals surface area (Å²) in [5, 5.41) is 9.09. The highest BCUT2D eigenvalue weighted by Gasteiger charge is 2.29. The molecule has 0 radical (unpaired) electrons. The summed E-state index contributed by atoms with van der Waals surface area (Å²) in [5.74, 6) is 0.884. The Kier molecular flexibility index (Phi) is 8.05. The first-order valence-corrected chi connectivity index (χ1v) is 8.71. The number of carboxylic acid groups (broad SMARTS) is 1. The van der Waals surface area contributed by atoms with E-state index in [-0.39, 0.29) is 5.92 Å². The van der Waals surface area contributed by atoms with Crippen molar-refractivity contribution in [3.8, 4) is 11.5 Å². The Bertz CT molecular complexity index is 528. The van der Waals surface area contributed by atoms with Gasteiger partial charge in [-0.05, 0) is 63.6 Å². The molecule has 3 N–H and O–H groups in total. The fourth-order valence-electron chi connectivity index (χ4n) is 2.82. The molecule has 5 nitrogen and oxygen atoms in total. The largest absolute Gasteiger partial charge is 0.490 e. The lowest BCUT2D eigenvalue weighted by molar-refractivity contribution is -0.143. The molecule has 2 atom stereocenters. The van der Waals surface area contributed by atoms with Crippen LogP contribution in [0.4, 0.5) is 0 Å². The van der Waals surface area contributed by atoms with Crippen molar-refractivity contribution < 1.29 is 19.4 Å². The first-order valence-electron chi connectivity index (χ1n) is 8.71. The zero-order valence-electron chi connectivity index (χ0n) is 15.3. The molecule has 0 saturated carbocycles. The maximum Gasteiger partial charge on any atom is 0.323 e. The lowest BCUT2D eigenvalue weighted by atomic mass is 9.87. The van der Waals surface area contributed by atoms with Crippen LogP contribution in [0.15, 0.2) is 18.2 Å². The van der Waals surface area contributed by atoms with Gasteiger partial charge < -0.3 is 20.3 Å². The first kappa shape index (κ1) is 20.3. The van der Waals surface area contributed by atoms with E-state index in [0.29, 0.717) is 19.6 Å². The van der Waals surface area contributed by atoms with Crippen LogP contribution in [0.5, 0.6) is 11.5 Å². The number of benzene rings is 1. The van der Waals surface area contributed by atoms with E-state index in [2.05, 4.69) is 13.0 Å². The number of nitrogens with two attached hydrogens (primary N) is 1. The average Bonchev–Trinajstić information content (AvgIpc) is 2.49. The summed E-state index contributed by atoms with van der Waals surface area (Å²) in [6.07, 6.45) is 3.33. The number of hydrogen-bond donors (Lipinski definition) is 2. The summed E-state index contributed by atoms with van der Waals surface area (Å²) < 4.78 is 11.2. The van der Waals surface area contributed by atoms with E-state index in [1.807, 2.05) is 26.0 Å². The van der Waals surface area contributed by atoms with Gasteiger partial charge in [-0.1, -0.05) is 19.4 Å². The standard InChI is InChI=1S/C19H31NO4/c1-5-23-16-11-10-15(12-17(16)24-6-2)9-7-8-14(3)13-19(4,20)18(21)22/h10-12,14H,5-9,13,20H2,1-4H3,(H,21,22). The van der Waals surface area contributed by atoms with E-state index in [9.17, 15) is 4.79 Å². The van der Waals surface area contributed by atoms with Gasteiger partial charge in [-0.2, -0.15) is 0 Å². The number of hydrogen-bond acceptors (Lipinski definition) is 4. The Morgan fingerprint density at radius 2 is 1.88 bits per heavy atom. The molecule has 0 bridgehead atoms. The molecule has 0 fully saturated rings. The van der Waals surface area contributed by atoms with Crippen molar-refractivity contribution in [3.05, 3.63) is 23.8 Å². The van der Waals surface area contributed by atoms with Gasteiger partial charge in [0.25, 0.3) is 0 Å². The molecule has 1 aromatic rings. The Hall–Kier alpha value is -1.75. The van der Waals surface area contributed by atoms with Gasteiger partial charge in [0.15, 0.2) is 11.5 Å². The van der Waals surface area contributed by atoms with Crippen molar-refractivity contribution in [2.24, 2.45) is 11.7 Å². The minimum atomic E-state index is -1.15. The van der Waals surface area contributed by atoms with Crippen LogP contribution in [-0.2, 0) is 11.2 Å². The van der Waals surface area contributed by atoms with Gasteiger partial charge >= 0.3 is 5.97 Å². The smallest absolute Gasteiger partial charge is 0.323 e. The van der Waals surface area contributed by atoms with Crippen molar-refractivity contribution in [3.63, 3.8) is 0 Å². The number of ether oxygens (including phenoxy) is 2. The van der Waals surface area contributed by atoms with Crippen molar-refractivity contribution in [2.45, 2.75) is 58.9 Å². The van der Waals surface area contributed by atoms with Crippen molar-refractivity contribution in [1.82, 2.24) is 0 Å². The third-order valence-electron chi connectivity index (χ3n) is 4.03. The summed E-state index contributed by atoms with van der Waals surface area (Å²) in [7, 11) is 0. The molecule has 0 saturated heterocycles. The molecule has 2 unspecified atom stereocenters. The van der Waals surface area contributed by atoms with Crippen LogP contribution in [0, 0.1) is 5.92 Å². The maximum absolute atomic E-state index is 11.1. The van der Waals surface area contributed by atoms with E-state index in [1.165, 1.54) is 5.56 Å². The highest BCUT2D eigenvalue weighted by molar-refractivity contribution is 5.77. The molecule has 0 aliphatic heterocycles. The number of aliphatic carboxylic acids is 1. The van der Waals surface area contributed by atoms with Crippen LogP contribution < -0.4 is 15.2 Å². The third kappa shape index (κ3) is 6.40. The number of carbonyl (C=O) groups is 1. The molecule has 0 aliphatic carbocycles. The number of carboxylic acids is 1. The zero-order chi connectivity index (χ0) is 18.2. The normalized spacial score (nSPS) is 14.7. The molecule has 24 heavy (non-hydrogen) atoms. The second-order valence-electron chi connectivity index (χ2n) is 6.57. The van der Waals surface area contributed by atoms with Gasteiger partial charge in [0.1, 0.15) is 5.54 Å². The molecule has 0 amide bonds. The van der Waals surface area contributed by atoms with Gasteiger partial charge in [-0.15, -0.1) is 0 Å². The van der Waals surface area contributed by atoms with Crippen molar-refractivity contribution in [2.75, 3.05) is 13.2 Å². The van der Waals surface area contributed by atoms with Crippen molar-refractivity contribution >= 4 is 5.97 Å². The summed E-state index contributed by atoms with van der Waals surface area (Å²) in [6.45, 7) is 8.75. The second kappa shape index (κ2) is 9.52. The quantitative estimate of drug-likeness (QED) is 0.644. The molecule has 0 spiro atoms. The number of aryl methyl sites for hydroxylation is 1. The second-order valence-corrected chi connectivity index (χ2v) is 6.57. The van der Waals surface area contributed by atoms with Gasteiger partial charge in [0, 0.05) is 0 Å². The summed E-state index contributed by atoms with van der Waals surface area (Å²) >= 11 is 0. The highest BCUT2D eigenvalue weighted by atomic mass is 16.5. The average molecular weight is 337 g/mol. The summed E-state index contributed by atoms with van der Waals surface area (Å²) in [6, 6.07) is 6.04.